The van der Waals surface area contributed by atoms with E-state index >= 15 is 0 Å². The normalized spacial score (nSPS) is 12.7. The Labute approximate surface area is 92.6 Å². The van der Waals surface area contributed by atoms with Crippen LogP contribution in [0.5, 0.6) is 0 Å². The van der Waals surface area contributed by atoms with Crippen LogP contribution in [0.25, 0.3) is 0 Å². The van der Waals surface area contributed by atoms with Crippen LogP contribution in [0.15, 0.2) is 16.5 Å². The minimum Gasteiger partial charge on any atom is -0.475 e. The van der Waals surface area contributed by atoms with Crippen LogP contribution in [0.2, 0.25) is 0 Å². The summed E-state index contributed by atoms with van der Waals surface area (Å²) in [5.74, 6) is 0.219. The highest BCUT2D eigenvalue weighted by atomic mass is 32.2. The fraction of sp³-hybridized carbons (Fsp3) is 0.500. The lowest BCUT2D eigenvalue weighted by Gasteiger charge is -2.09. The van der Waals surface area contributed by atoms with Crippen molar-refractivity contribution >= 4 is 17.7 Å². The number of carboxylic acids is 1. The molecule has 0 saturated heterocycles. The SMILES string of the molecule is CCOC(C)SCc1ccc(C(=O)O)o1. The molecule has 0 amide bonds. The Morgan fingerprint density at radius 1 is 1.67 bits per heavy atom. The zero-order valence-electron chi connectivity index (χ0n) is 8.73. The standard InChI is InChI=1S/C10H14O4S/c1-3-13-7(2)15-6-8-4-5-9(14-8)10(11)12/h4-5,7H,3,6H2,1-2H3,(H,11,12). The first-order valence-corrected chi connectivity index (χ1v) is 5.73. The molecule has 0 radical (unpaired) electrons. The van der Waals surface area contributed by atoms with Crippen molar-refractivity contribution < 1.29 is 19.1 Å². The molecular weight excluding hydrogens is 216 g/mol. The van der Waals surface area contributed by atoms with Crippen LogP contribution < -0.4 is 0 Å². The second kappa shape index (κ2) is 5.82. The topological polar surface area (TPSA) is 59.7 Å². The van der Waals surface area contributed by atoms with Gasteiger partial charge in [-0.15, -0.1) is 11.8 Å². The van der Waals surface area contributed by atoms with Gasteiger partial charge in [0.1, 0.15) is 11.2 Å². The number of furan rings is 1. The van der Waals surface area contributed by atoms with Gasteiger partial charge in [-0.05, 0) is 26.0 Å². The third-order valence-corrected chi connectivity index (χ3v) is 2.79. The summed E-state index contributed by atoms with van der Waals surface area (Å²) in [6, 6.07) is 3.14. The third kappa shape index (κ3) is 3.97. The van der Waals surface area contributed by atoms with Crippen molar-refractivity contribution in [2.45, 2.75) is 25.0 Å². The molecule has 0 aliphatic carbocycles. The van der Waals surface area contributed by atoms with E-state index in [4.69, 9.17) is 14.3 Å². The molecule has 1 aromatic rings. The highest BCUT2D eigenvalue weighted by molar-refractivity contribution is 7.98. The molecule has 0 aliphatic rings. The van der Waals surface area contributed by atoms with Crippen LogP contribution in [-0.4, -0.2) is 23.1 Å². The molecule has 1 atom stereocenters. The van der Waals surface area contributed by atoms with E-state index in [2.05, 4.69) is 0 Å². The number of rotatable bonds is 6. The van der Waals surface area contributed by atoms with Gasteiger partial charge in [0.05, 0.1) is 5.75 Å². The summed E-state index contributed by atoms with van der Waals surface area (Å²) in [4.78, 5) is 10.5. The number of hydrogen-bond donors (Lipinski definition) is 1. The number of hydrogen-bond acceptors (Lipinski definition) is 4. The highest BCUT2D eigenvalue weighted by Crippen LogP contribution is 2.20. The minimum atomic E-state index is -1.04. The summed E-state index contributed by atoms with van der Waals surface area (Å²) in [6.07, 6.45) is 0. The Balaban J connectivity index is 2.40. The van der Waals surface area contributed by atoms with E-state index in [9.17, 15) is 4.79 Å². The van der Waals surface area contributed by atoms with E-state index in [-0.39, 0.29) is 11.2 Å². The Morgan fingerprint density at radius 2 is 2.40 bits per heavy atom. The molecule has 1 rings (SSSR count). The van der Waals surface area contributed by atoms with E-state index in [1.165, 1.54) is 6.07 Å². The van der Waals surface area contributed by atoms with Gasteiger partial charge in [0, 0.05) is 6.61 Å². The molecule has 0 aromatic carbocycles. The molecule has 1 unspecified atom stereocenters. The number of aromatic carboxylic acids is 1. The number of carbonyl (C=O) groups is 1. The maximum absolute atomic E-state index is 10.5. The maximum Gasteiger partial charge on any atom is 0.371 e. The quantitative estimate of drug-likeness (QED) is 0.761. The summed E-state index contributed by atoms with van der Waals surface area (Å²) in [6.45, 7) is 4.56. The van der Waals surface area contributed by atoms with Crippen molar-refractivity contribution in [1.29, 1.82) is 0 Å². The molecule has 0 saturated carbocycles. The minimum absolute atomic E-state index is 0.0188. The first kappa shape index (κ1) is 12.1. The Morgan fingerprint density at radius 3 is 2.93 bits per heavy atom. The van der Waals surface area contributed by atoms with Gasteiger partial charge in [0.15, 0.2) is 0 Å². The van der Waals surface area contributed by atoms with Gasteiger partial charge >= 0.3 is 5.97 Å². The van der Waals surface area contributed by atoms with Crippen molar-refractivity contribution in [2.24, 2.45) is 0 Å². The van der Waals surface area contributed by atoms with Gasteiger partial charge in [-0.3, -0.25) is 0 Å². The summed E-state index contributed by atoms with van der Waals surface area (Å²) in [5, 5.41) is 8.63. The zero-order valence-corrected chi connectivity index (χ0v) is 9.54. The number of carboxylic acid groups (broad SMARTS) is 1. The van der Waals surface area contributed by atoms with Crippen molar-refractivity contribution in [3.8, 4) is 0 Å². The zero-order chi connectivity index (χ0) is 11.3. The smallest absolute Gasteiger partial charge is 0.371 e. The predicted molar refractivity (Wildman–Crippen MR) is 58.1 cm³/mol. The molecular formula is C10H14O4S. The van der Waals surface area contributed by atoms with Gasteiger partial charge in [-0.1, -0.05) is 0 Å². The molecule has 5 heteroatoms. The predicted octanol–water partition coefficient (Wildman–Crippen LogP) is 2.59. The van der Waals surface area contributed by atoms with Gasteiger partial charge in [0.2, 0.25) is 5.76 Å². The third-order valence-electron chi connectivity index (χ3n) is 1.73. The molecule has 0 bridgehead atoms. The molecule has 4 nitrogen and oxygen atoms in total. The second-order valence-corrected chi connectivity index (χ2v) is 4.19. The molecule has 1 N–H and O–H groups in total. The van der Waals surface area contributed by atoms with Crippen LogP contribution in [0, 0.1) is 0 Å². The van der Waals surface area contributed by atoms with Crippen LogP contribution >= 0.6 is 11.8 Å². The first-order valence-electron chi connectivity index (χ1n) is 4.68. The van der Waals surface area contributed by atoms with E-state index in [0.29, 0.717) is 18.1 Å². The fourth-order valence-corrected chi connectivity index (χ4v) is 1.84. The summed E-state index contributed by atoms with van der Waals surface area (Å²) < 4.78 is 10.4. The number of thioether (sulfide) groups is 1. The van der Waals surface area contributed by atoms with Crippen molar-refractivity contribution in [3.63, 3.8) is 0 Å². The van der Waals surface area contributed by atoms with Crippen LogP contribution in [0.4, 0.5) is 0 Å². The fourth-order valence-electron chi connectivity index (χ4n) is 1.05. The van der Waals surface area contributed by atoms with E-state index in [0.717, 1.165) is 0 Å². The van der Waals surface area contributed by atoms with Crippen molar-refractivity contribution in [2.75, 3.05) is 6.61 Å². The van der Waals surface area contributed by atoms with E-state index in [1.807, 2.05) is 13.8 Å². The van der Waals surface area contributed by atoms with E-state index in [1.54, 1.807) is 17.8 Å². The average Bonchev–Trinajstić information content (AvgIpc) is 2.63. The van der Waals surface area contributed by atoms with E-state index < -0.39 is 5.97 Å². The van der Waals surface area contributed by atoms with Crippen LogP contribution in [0.1, 0.15) is 30.2 Å². The molecule has 84 valence electrons. The lowest BCUT2D eigenvalue weighted by atomic mass is 10.4. The second-order valence-electron chi connectivity index (χ2n) is 2.91. The molecule has 15 heavy (non-hydrogen) atoms. The summed E-state index contributed by atoms with van der Waals surface area (Å²) in [5.41, 5.74) is 0.0911. The van der Waals surface area contributed by atoms with Crippen molar-refractivity contribution in [1.82, 2.24) is 0 Å². The van der Waals surface area contributed by atoms with Gasteiger partial charge in [-0.25, -0.2) is 4.79 Å². The van der Waals surface area contributed by atoms with Gasteiger partial charge < -0.3 is 14.3 Å². The monoisotopic (exact) mass is 230 g/mol. The van der Waals surface area contributed by atoms with Gasteiger partial charge in [-0.2, -0.15) is 0 Å². The molecule has 0 spiro atoms. The Hall–Kier alpha value is -0.940. The maximum atomic E-state index is 10.5. The molecule has 0 aliphatic heterocycles. The Bertz CT molecular complexity index is 321. The summed E-state index contributed by atoms with van der Waals surface area (Å²) in [7, 11) is 0. The summed E-state index contributed by atoms with van der Waals surface area (Å²) >= 11 is 1.57. The lowest BCUT2D eigenvalue weighted by molar-refractivity contribution is 0.0661. The van der Waals surface area contributed by atoms with Crippen molar-refractivity contribution in [3.05, 3.63) is 23.7 Å². The Kier molecular flexibility index (Phi) is 4.71. The lowest BCUT2D eigenvalue weighted by Crippen LogP contribution is -2.02. The van der Waals surface area contributed by atoms with Gasteiger partial charge in [0.25, 0.3) is 0 Å². The van der Waals surface area contributed by atoms with Crippen LogP contribution in [-0.2, 0) is 10.5 Å². The highest BCUT2D eigenvalue weighted by Gasteiger charge is 2.10. The molecule has 1 aromatic heterocycles. The molecule has 1 heterocycles. The van der Waals surface area contributed by atoms with Crippen LogP contribution in [0.3, 0.4) is 0 Å². The number of ether oxygens (including phenoxy) is 1. The first-order chi connectivity index (χ1) is 7.13. The molecule has 0 fully saturated rings. The largest absolute Gasteiger partial charge is 0.475 e. The average molecular weight is 230 g/mol.